The van der Waals surface area contributed by atoms with Crippen molar-refractivity contribution < 1.29 is 24.2 Å². The summed E-state index contributed by atoms with van der Waals surface area (Å²) in [6.45, 7) is 3.94. The molecular weight excluding hydrogens is 428 g/mol. The predicted molar refractivity (Wildman–Crippen MR) is 107 cm³/mol. The molecule has 1 saturated heterocycles. The van der Waals surface area contributed by atoms with Crippen LogP contribution in [0.3, 0.4) is 0 Å². The van der Waals surface area contributed by atoms with Gasteiger partial charge in [-0.3, -0.25) is 14.9 Å². The number of ether oxygens (including phenoxy) is 1. The summed E-state index contributed by atoms with van der Waals surface area (Å²) >= 11 is 3.37. The van der Waals surface area contributed by atoms with Crippen LogP contribution in [0.5, 0.6) is 11.5 Å². The number of carbonyl (C=O) groups is 3. The van der Waals surface area contributed by atoms with Gasteiger partial charge in [-0.25, -0.2) is 9.69 Å². The summed E-state index contributed by atoms with van der Waals surface area (Å²) in [4.78, 5) is 38.4. The van der Waals surface area contributed by atoms with E-state index in [2.05, 4.69) is 21.2 Å². The molecule has 2 N–H and O–H groups in total. The minimum atomic E-state index is -0.811. The number of aromatic hydroxyl groups is 1. The van der Waals surface area contributed by atoms with E-state index in [1.165, 1.54) is 24.3 Å². The number of halogens is 1. The maximum absolute atomic E-state index is 12.9. The zero-order valence-corrected chi connectivity index (χ0v) is 16.7. The van der Waals surface area contributed by atoms with Crippen LogP contribution >= 0.6 is 15.9 Å². The number of nitrogens with zero attached hydrogens (tertiary/aromatic N) is 1. The first-order valence-corrected chi connectivity index (χ1v) is 9.24. The molecule has 8 heteroatoms. The van der Waals surface area contributed by atoms with Crippen molar-refractivity contribution >= 4 is 45.5 Å². The highest BCUT2D eigenvalue weighted by molar-refractivity contribution is 9.10. The zero-order valence-electron chi connectivity index (χ0n) is 15.2. The van der Waals surface area contributed by atoms with Gasteiger partial charge in [0.1, 0.15) is 5.57 Å². The molecule has 28 heavy (non-hydrogen) atoms. The summed E-state index contributed by atoms with van der Waals surface area (Å²) < 4.78 is 6.15. The van der Waals surface area contributed by atoms with Gasteiger partial charge in [0.25, 0.3) is 11.8 Å². The molecule has 2 aromatic carbocycles. The fourth-order valence-corrected chi connectivity index (χ4v) is 2.96. The minimum absolute atomic E-state index is 0.0504. The highest BCUT2D eigenvalue weighted by Gasteiger charge is 2.36. The van der Waals surface area contributed by atoms with Crippen LogP contribution in [0.15, 0.2) is 46.4 Å². The normalized spacial score (nSPS) is 15.8. The second-order valence-corrected chi connectivity index (χ2v) is 6.91. The summed E-state index contributed by atoms with van der Waals surface area (Å²) in [7, 11) is 0. The average Bonchev–Trinajstić information content (AvgIpc) is 2.64. The molecule has 0 aromatic heterocycles. The highest BCUT2D eigenvalue weighted by Crippen LogP contribution is 2.29. The second kappa shape index (κ2) is 7.85. The predicted octanol–water partition coefficient (Wildman–Crippen LogP) is 3.53. The number of aryl methyl sites for hydroxylation is 1. The number of imide groups is 2. The average molecular weight is 445 g/mol. The van der Waals surface area contributed by atoms with Crippen molar-refractivity contribution in [1.82, 2.24) is 5.32 Å². The van der Waals surface area contributed by atoms with Gasteiger partial charge in [-0.1, -0.05) is 22.0 Å². The van der Waals surface area contributed by atoms with E-state index in [9.17, 15) is 19.5 Å². The van der Waals surface area contributed by atoms with E-state index in [1.807, 2.05) is 6.92 Å². The first kappa shape index (κ1) is 19.6. The van der Waals surface area contributed by atoms with Crippen molar-refractivity contribution in [2.45, 2.75) is 13.8 Å². The number of carbonyl (C=O) groups excluding carboxylic acids is 3. The lowest BCUT2D eigenvalue weighted by Gasteiger charge is -2.26. The molecule has 4 amide bonds. The number of barbiturate groups is 1. The van der Waals surface area contributed by atoms with Crippen LogP contribution in [0.2, 0.25) is 0 Å². The molecule has 144 valence electrons. The van der Waals surface area contributed by atoms with Gasteiger partial charge in [-0.2, -0.15) is 0 Å². The number of nitrogens with one attached hydrogen (secondary N) is 1. The molecule has 0 spiro atoms. The number of anilines is 1. The molecule has 7 nitrogen and oxygen atoms in total. The molecule has 1 heterocycles. The van der Waals surface area contributed by atoms with E-state index >= 15 is 0 Å². The van der Waals surface area contributed by atoms with Crippen LogP contribution < -0.4 is 15.0 Å². The van der Waals surface area contributed by atoms with Crippen LogP contribution in [0, 0.1) is 6.92 Å². The number of phenols is 1. The van der Waals surface area contributed by atoms with E-state index < -0.39 is 17.8 Å². The van der Waals surface area contributed by atoms with Crippen molar-refractivity contribution in [3.05, 3.63) is 57.6 Å². The standard InChI is InChI=1S/C20H17BrN2O5/c1-3-28-17-10-12(4-7-16(17)24)9-14-18(25)22-20(27)23(19(14)26)13-5-6-15(21)11(2)8-13/h4-10,24H,3H2,1-2H3,(H,22,25,27). The van der Waals surface area contributed by atoms with Crippen molar-refractivity contribution in [2.75, 3.05) is 11.5 Å². The first-order valence-electron chi connectivity index (χ1n) is 8.45. The van der Waals surface area contributed by atoms with E-state index in [4.69, 9.17) is 4.74 Å². The number of hydrogen-bond donors (Lipinski definition) is 2. The maximum Gasteiger partial charge on any atom is 0.335 e. The number of phenolic OH excluding ortho intramolecular Hbond substituents is 1. The Morgan fingerprint density at radius 3 is 2.61 bits per heavy atom. The fraction of sp³-hybridized carbons (Fsp3) is 0.150. The molecule has 1 aliphatic heterocycles. The summed E-state index contributed by atoms with van der Waals surface area (Å²) in [6.07, 6.45) is 1.35. The molecule has 0 saturated carbocycles. The number of urea groups is 1. The van der Waals surface area contributed by atoms with Crippen LogP contribution in [0.25, 0.3) is 6.08 Å². The third-order valence-corrected chi connectivity index (χ3v) is 4.99. The van der Waals surface area contributed by atoms with Crippen LogP contribution in [0.1, 0.15) is 18.1 Å². The Hall–Kier alpha value is -3.13. The lowest BCUT2D eigenvalue weighted by Crippen LogP contribution is -2.54. The van der Waals surface area contributed by atoms with Gasteiger partial charge in [0.2, 0.25) is 0 Å². The zero-order chi connectivity index (χ0) is 20.4. The summed E-state index contributed by atoms with van der Waals surface area (Å²) in [5.41, 5.74) is 1.46. The van der Waals surface area contributed by atoms with Gasteiger partial charge in [0.15, 0.2) is 11.5 Å². The molecule has 0 aliphatic carbocycles. The van der Waals surface area contributed by atoms with E-state index in [-0.39, 0.29) is 17.1 Å². The topological polar surface area (TPSA) is 95.9 Å². The molecule has 1 fully saturated rings. The summed E-state index contributed by atoms with van der Waals surface area (Å²) in [5.74, 6) is -1.34. The lowest BCUT2D eigenvalue weighted by atomic mass is 10.1. The quantitative estimate of drug-likeness (QED) is 0.555. The number of hydrogen-bond acceptors (Lipinski definition) is 5. The van der Waals surface area contributed by atoms with Gasteiger partial charge in [-0.05, 0) is 61.4 Å². The minimum Gasteiger partial charge on any atom is -0.504 e. The molecule has 1 aliphatic rings. The summed E-state index contributed by atoms with van der Waals surface area (Å²) in [6, 6.07) is 8.64. The highest BCUT2D eigenvalue weighted by atomic mass is 79.9. The molecule has 0 radical (unpaired) electrons. The monoisotopic (exact) mass is 444 g/mol. The Balaban J connectivity index is 2.01. The van der Waals surface area contributed by atoms with Crippen molar-refractivity contribution in [2.24, 2.45) is 0 Å². The molecule has 0 atom stereocenters. The van der Waals surface area contributed by atoms with E-state index in [1.54, 1.807) is 25.1 Å². The fourth-order valence-electron chi connectivity index (χ4n) is 2.72. The Morgan fingerprint density at radius 2 is 1.93 bits per heavy atom. The smallest absolute Gasteiger partial charge is 0.335 e. The molecule has 0 bridgehead atoms. The molecule has 2 aromatic rings. The molecular formula is C20H17BrN2O5. The van der Waals surface area contributed by atoms with Gasteiger partial charge < -0.3 is 9.84 Å². The Bertz CT molecular complexity index is 1020. The van der Waals surface area contributed by atoms with Gasteiger partial charge in [0.05, 0.1) is 12.3 Å². The Morgan fingerprint density at radius 1 is 1.18 bits per heavy atom. The second-order valence-electron chi connectivity index (χ2n) is 6.05. The number of rotatable bonds is 4. The molecule has 3 rings (SSSR count). The van der Waals surface area contributed by atoms with E-state index in [0.29, 0.717) is 17.9 Å². The van der Waals surface area contributed by atoms with Gasteiger partial charge in [0, 0.05) is 4.47 Å². The maximum atomic E-state index is 12.9. The lowest BCUT2D eigenvalue weighted by molar-refractivity contribution is -0.122. The van der Waals surface area contributed by atoms with Crippen molar-refractivity contribution in [3.63, 3.8) is 0 Å². The van der Waals surface area contributed by atoms with Gasteiger partial charge in [-0.15, -0.1) is 0 Å². The van der Waals surface area contributed by atoms with E-state index in [0.717, 1.165) is 14.9 Å². The van der Waals surface area contributed by atoms with Gasteiger partial charge >= 0.3 is 6.03 Å². The Labute approximate surface area is 169 Å². The van der Waals surface area contributed by atoms with Crippen molar-refractivity contribution in [3.8, 4) is 11.5 Å². The van der Waals surface area contributed by atoms with Crippen LogP contribution in [-0.2, 0) is 9.59 Å². The third kappa shape index (κ3) is 3.77. The largest absolute Gasteiger partial charge is 0.504 e. The summed E-state index contributed by atoms with van der Waals surface area (Å²) in [5, 5.41) is 12.0. The van der Waals surface area contributed by atoms with Crippen LogP contribution in [0.4, 0.5) is 10.5 Å². The molecule has 0 unspecified atom stereocenters. The SMILES string of the molecule is CCOc1cc(C=C2C(=O)NC(=O)N(c3ccc(Br)c(C)c3)C2=O)ccc1O. The van der Waals surface area contributed by atoms with Crippen molar-refractivity contribution in [1.29, 1.82) is 0 Å². The Kier molecular flexibility index (Phi) is 5.51. The number of benzene rings is 2. The number of amides is 4. The third-order valence-electron chi connectivity index (χ3n) is 4.10. The first-order chi connectivity index (χ1) is 13.3. The van der Waals surface area contributed by atoms with Crippen LogP contribution in [-0.4, -0.2) is 29.6 Å².